The molecule has 5 heteroatoms. The van der Waals surface area contributed by atoms with Crippen molar-refractivity contribution in [2.24, 2.45) is 0 Å². The van der Waals surface area contributed by atoms with Crippen molar-refractivity contribution in [1.82, 2.24) is 0 Å². The Morgan fingerprint density at radius 3 is 2.07 bits per heavy atom. The van der Waals surface area contributed by atoms with Crippen LogP contribution in [0.25, 0.3) is 0 Å². The number of hydrogen-bond donors (Lipinski definition) is 0. The fourth-order valence-electron chi connectivity index (χ4n) is 1.08. The number of hydrogen-bond acceptors (Lipinski definition) is 4. The molecule has 0 aliphatic carbocycles. The minimum Gasteiger partial charge on any atom is -0.355 e. The van der Waals surface area contributed by atoms with Crippen LogP contribution in [0.3, 0.4) is 0 Å². The Balaban J connectivity index is 3.75. The summed E-state index contributed by atoms with van der Waals surface area (Å²) in [5, 5.41) is 0. The molecule has 0 amide bonds. The zero-order valence-electron chi connectivity index (χ0n) is 10.1. The Kier molecular flexibility index (Phi) is 8.93. The van der Waals surface area contributed by atoms with Gasteiger partial charge >= 0.3 is 9.05 Å². The molecule has 0 N–H and O–H groups in total. The predicted octanol–water partition coefficient (Wildman–Crippen LogP) is 2.12. The van der Waals surface area contributed by atoms with Gasteiger partial charge in [0.1, 0.15) is 0 Å². The normalized spacial score (nSPS) is 12.5. The highest BCUT2D eigenvalue weighted by Crippen LogP contribution is 2.07. The summed E-state index contributed by atoms with van der Waals surface area (Å²) < 4.78 is 20.7. The molecule has 0 rings (SSSR count). The zero-order chi connectivity index (χ0) is 11.6. The summed E-state index contributed by atoms with van der Waals surface area (Å²) >= 11 is 0. The minimum absolute atomic E-state index is 0.464. The van der Waals surface area contributed by atoms with Gasteiger partial charge in [0.2, 0.25) is 0 Å². The van der Waals surface area contributed by atoms with E-state index in [9.17, 15) is 0 Å². The van der Waals surface area contributed by atoms with Crippen LogP contribution in [0, 0.1) is 0 Å². The fourth-order valence-corrected chi connectivity index (χ4v) is 2.24. The first-order valence-corrected chi connectivity index (χ1v) is 6.82. The lowest BCUT2D eigenvalue weighted by Crippen LogP contribution is -2.46. The van der Waals surface area contributed by atoms with Crippen LogP contribution in [0.4, 0.5) is 0 Å². The van der Waals surface area contributed by atoms with E-state index in [4.69, 9.17) is 17.7 Å². The lowest BCUT2D eigenvalue weighted by atomic mass is 10.2. The van der Waals surface area contributed by atoms with Crippen LogP contribution in [0.2, 0.25) is 0 Å². The predicted molar refractivity (Wildman–Crippen MR) is 61.4 cm³/mol. The Morgan fingerprint density at radius 2 is 1.60 bits per heavy atom. The van der Waals surface area contributed by atoms with E-state index in [0.717, 1.165) is 6.42 Å². The van der Waals surface area contributed by atoms with E-state index in [2.05, 4.69) is 13.0 Å². The molecule has 0 aliphatic rings. The molecule has 0 atom stereocenters. The van der Waals surface area contributed by atoms with Gasteiger partial charge in [0.15, 0.2) is 0 Å². The maximum atomic E-state index is 5.44. The van der Waals surface area contributed by atoms with Gasteiger partial charge in [-0.2, -0.15) is 0 Å². The summed E-state index contributed by atoms with van der Waals surface area (Å²) in [6.45, 7) is 2.63. The fraction of sp³-hybridized carbons (Fsp3) is 0.800. The molecule has 0 aromatic carbocycles. The van der Waals surface area contributed by atoms with Crippen molar-refractivity contribution in [3.8, 4) is 0 Å². The second kappa shape index (κ2) is 9.05. The van der Waals surface area contributed by atoms with E-state index in [1.54, 1.807) is 0 Å². The maximum Gasteiger partial charge on any atom is 0.679 e. The topological polar surface area (TPSA) is 36.9 Å². The largest absolute Gasteiger partial charge is 0.679 e. The van der Waals surface area contributed by atoms with Crippen LogP contribution in [-0.4, -0.2) is 37.0 Å². The first kappa shape index (κ1) is 14.8. The summed E-state index contributed by atoms with van der Waals surface area (Å²) in [6, 6.07) is 0. The molecular formula is C10H22O4Si. The summed E-state index contributed by atoms with van der Waals surface area (Å²) in [6.07, 6.45) is 7.56. The second-order valence-corrected chi connectivity index (χ2v) is 5.55. The van der Waals surface area contributed by atoms with E-state index >= 15 is 0 Å². The van der Waals surface area contributed by atoms with E-state index < -0.39 is 9.05 Å². The molecule has 0 saturated carbocycles. The quantitative estimate of drug-likeness (QED) is 0.348. The van der Waals surface area contributed by atoms with Crippen LogP contribution in [0.15, 0.2) is 12.2 Å². The van der Waals surface area contributed by atoms with Crippen LogP contribution < -0.4 is 0 Å². The molecule has 0 bridgehead atoms. The van der Waals surface area contributed by atoms with Gasteiger partial charge in [-0.25, -0.2) is 0 Å². The van der Waals surface area contributed by atoms with Crippen molar-refractivity contribution in [2.45, 2.75) is 26.2 Å². The third-order valence-corrected chi connectivity index (χ3v) is 4.02. The van der Waals surface area contributed by atoms with Crippen LogP contribution >= 0.6 is 0 Å². The van der Waals surface area contributed by atoms with Crippen molar-refractivity contribution < 1.29 is 17.7 Å². The molecule has 0 saturated heterocycles. The van der Waals surface area contributed by atoms with Gasteiger partial charge in [-0.1, -0.05) is 31.9 Å². The average molecular weight is 234 g/mol. The lowest BCUT2D eigenvalue weighted by molar-refractivity contribution is 0.0133. The Labute approximate surface area is 93.7 Å². The number of allylic oxidation sites excluding steroid dienone is 1. The minimum atomic E-state index is -2.84. The number of rotatable bonds is 9. The van der Waals surface area contributed by atoms with Crippen molar-refractivity contribution in [3.05, 3.63) is 12.2 Å². The molecule has 0 unspecified atom stereocenters. The smallest absolute Gasteiger partial charge is 0.355 e. The first-order chi connectivity index (χ1) is 7.24. The molecule has 0 radical (unpaired) electrons. The van der Waals surface area contributed by atoms with Gasteiger partial charge in [0.25, 0.3) is 0 Å². The highest BCUT2D eigenvalue weighted by atomic mass is 28.4. The van der Waals surface area contributed by atoms with Crippen molar-refractivity contribution in [1.29, 1.82) is 0 Å². The molecule has 15 heavy (non-hydrogen) atoms. The highest BCUT2D eigenvalue weighted by molar-refractivity contribution is 6.53. The van der Waals surface area contributed by atoms with Gasteiger partial charge in [-0.05, 0) is 6.42 Å². The van der Waals surface area contributed by atoms with Crippen molar-refractivity contribution in [2.75, 3.05) is 27.9 Å². The van der Waals surface area contributed by atoms with Gasteiger partial charge in [-0.15, -0.1) is 0 Å². The van der Waals surface area contributed by atoms with Crippen LogP contribution in [0.5, 0.6) is 0 Å². The SMILES string of the molecule is CCCCC=CCO[Si](OC)(OC)OC. The van der Waals surface area contributed by atoms with Crippen LogP contribution in [-0.2, 0) is 17.7 Å². The van der Waals surface area contributed by atoms with E-state index in [-0.39, 0.29) is 0 Å². The Morgan fingerprint density at radius 1 is 1.00 bits per heavy atom. The average Bonchev–Trinajstić information content (AvgIpc) is 2.29. The third-order valence-electron chi connectivity index (χ3n) is 2.00. The van der Waals surface area contributed by atoms with E-state index in [0.29, 0.717) is 6.61 Å². The van der Waals surface area contributed by atoms with Crippen LogP contribution in [0.1, 0.15) is 26.2 Å². The monoisotopic (exact) mass is 234 g/mol. The molecule has 90 valence electrons. The molecule has 0 aliphatic heterocycles. The molecule has 0 fully saturated rings. The number of unbranched alkanes of at least 4 members (excludes halogenated alkanes) is 2. The maximum absolute atomic E-state index is 5.44. The third kappa shape index (κ3) is 6.06. The molecule has 0 heterocycles. The summed E-state index contributed by atoms with van der Waals surface area (Å²) in [7, 11) is 1.75. The Bertz CT molecular complexity index is 161. The second-order valence-electron chi connectivity index (χ2n) is 3.04. The molecule has 0 aromatic heterocycles. The molecule has 0 spiro atoms. The van der Waals surface area contributed by atoms with Gasteiger partial charge in [-0.3, -0.25) is 0 Å². The van der Waals surface area contributed by atoms with Gasteiger partial charge < -0.3 is 17.7 Å². The summed E-state index contributed by atoms with van der Waals surface area (Å²) in [4.78, 5) is 0. The zero-order valence-corrected chi connectivity index (χ0v) is 11.1. The van der Waals surface area contributed by atoms with Gasteiger partial charge in [0.05, 0.1) is 6.61 Å². The summed E-state index contributed by atoms with van der Waals surface area (Å²) in [5.74, 6) is 0. The highest BCUT2D eigenvalue weighted by Gasteiger charge is 2.41. The molecule has 4 nitrogen and oxygen atoms in total. The van der Waals surface area contributed by atoms with Gasteiger partial charge in [0, 0.05) is 21.3 Å². The Hall–Kier alpha value is -0.203. The van der Waals surface area contributed by atoms with Crippen molar-refractivity contribution >= 4 is 9.05 Å². The van der Waals surface area contributed by atoms with Crippen molar-refractivity contribution in [3.63, 3.8) is 0 Å². The molecule has 0 aromatic rings. The standard InChI is InChI=1S/C10H22O4Si/c1-5-6-7-8-9-10-14-15(11-2,12-3)13-4/h8-9H,5-7,10H2,1-4H3. The first-order valence-electron chi connectivity index (χ1n) is 5.19. The summed E-state index contributed by atoms with van der Waals surface area (Å²) in [5.41, 5.74) is 0. The molecular weight excluding hydrogens is 212 g/mol. The van der Waals surface area contributed by atoms with E-state index in [1.807, 2.05) is 6.08 Å². The van der Waals surface area contributed by atoms with E-state index in [1.165, 1.54) is 34.2 Å². The lowest BCUT2D eigenvalue weighted by Gasteiger charge is -2.21.